The van der Waals surface area contributed by atoms with Crippen molar-refractivity contribution in [3.63, 3.8) is 0 Å². The van der Waals surface area contributed by atoms with Gasteiger partial charge in [-0.05, 0) is 23.9 Å². The normalized spacial score (nSPS) is 12.5. The number of nitrogens with one attached hydrogen (secondary N) is 1. The first-order valence-electron chi connectivity index (χ1n) is 6.48. The van der Waals surface area contributed by atoms with Crippen molar-refractivity contribution in [2.75, 3.05) is 11.9 Å². The summed E-state index contributed by atoms with van der Waals surface area (Å²) in [6, 6.07) is 9.26. The van der Waals surface area contributed by atoms with Crippen LogP contribution in [0.1, 0.15) is 12.8 Å². The van der Waals surface area contributed by atoms with Crippen LogP contribution >= 0.6 is 0 Å². The fourth-order valence-electron chi connectivity index (χ4n) is 2.18. The summed E-state index contributed by atoms with van der Waals surface area (Å²) in [5, 5.41) is 3.63. The first kappa shape index (κ1) is 16.6. The Balaban J connectivity index is 2.30. The summed E-state index contributed by atoms with van der Waals surface area (Å²) < 4.78 is 68.5. The van der Waals surface area contributed by atoms with Crippen molar-refractivity contribution in [3.05, 3.63) is 36.4 Å². The van der Waals surface area contributed by atoms with E-state index < -0.39 is 22.7 Å². The van der Waals surface area contributed by atoms with Crippen LogP contribution in [-0.2, 0) is 10.1 Å². The molecule has 2 rings (SSSR count). The van der Waals surface area contributed by atoms with Crippen molar-refractivity contribution < 1.29 is 26.1 Å². The van der Waals surface area contributed by atoms with Gasteiger partial charge in [-0.25, -0.2) is 0 Å². The summed E-state index contributed by atoms with van der Waals surface area (Å²) in [5.41, 5.74) is 0.368. The molecule has 0 heterocycles. The van der Waals surface area contributed by atoms with Gasteiger partial charge in [0.05, 0.1) is 0 Å². The van der Waals surface area contributed by atoms with Gasteiger partial charge < -0.3 is 5.32 Å². The van der Waals surface area contributed by atoms with E-state index in [2.05, 4.69) is 5.32 Å². The molecule has 0 radical (unpaired) electrons. The maximum atomic E-state index is 12.1. The van der Waals surface area contributed by atoms with E-state index in [1.165, 1.54) is 12.1 Å². The third-order valence-electron chi connectivity index (χ3n) is 3.10. The topological polar surface area (TPSA) is 66.4 Å². The molecule has 0 atom stereocenters. The number of hydrogen-bond donors (Lipinski definition) is 2. The van der Waals surface area contributed by atoms with Gasteiger partial charge >= 0.3 is 6.18 Å². The minimum Gasteiger partial charge on any atom is -0.385 e. The molecule has 2 aromatic carbocycles. The molecule has 22 heavy (non-hydrogen) atoms. The lowest BCUT2D eigenvalue weighted by Gasteiger charge is -2.13. The number of benzene rings is 2. The van der Waals surface area contributed by atoms with Crippen molar-refractivity contribution in [2.24, 2.45) is 0 Å². The zero-order valence-electron chi connectivity index (χ0n) is 11.4. The third-order valence-corrected chi connectivity index (χ3v) is 3.99. The van der Waals surface area contributed by atoms with Gasteiger partial charge in [0.15, 0.2) is 0 Å². The maximum Gasteiger partial charge on any atom is 0.389 e. The summed E-state index contributed by atoms with van der Waals surface area (Å²) in [6.07, 6.45) is -5.27. The summed E-state index contributed by atoms with van der Waals surface area (Å²) >= 11 is 0. The van der Waals surface area contributed by atoms with Gasteiger partial charge in [-0.2, -0.15) is 21.6 Å². The van der Waals surface area contributed by atoms with E-state index in [1.807, 2.05) is 0 Å². The van der Waals surface area contributed by atoms with Crippen molar-refractivity contribution >= 4 is 26.6 Å². The van der Waals surface area contributed by atoms with Gasteiger partial charge in [0.2, 0.25) is 0 Å². The van der Waals surface area contributed by atoms with Crippen LogP contribution in [0.2, 0.25) is 0 Å². The van der Waals surface area contributed by atoms with Crippen LogP contribution in [0.5, 0.6) is 0 Å². The molecule has 120 valence electrons. The minimum absolute atomic E-state index is 0.0401. The predicted molar refractivity (Wildman–Crippen MR) is 77.5 cm³/mol. The first-order chi connectivity index (χ1) is 10.2. The summed E-state index contributed by atoms with van der Waals surface area (Å²) in [6.45, 7) is 0.0401. The zero-order chi connectivity index (χ0) is 16.4. The Bertz CT molecular complexity index is 767. The molecule has 0 aliphatic heterocycles. The summed E-state index contributed by atoms with van der Waals surface area (Å²) in [4.78, 5) is -0.274. The maximum absolute atomic E-state index is 12.1. The number of alkyl halides is 3. The van der Waals surface area contributed by atoms with E-state index in [0.29, 0.717) is 11.1 Å². The lowest BCUT2D eigenvalue weighted by Crippen LogP contribution is -2.11. The van der Waals surface area contributed by atoms with Crippen molar-refractivity contribution in [3.8, 4) is 0 Å². The van der Waals surface area contributed by atoms with Gasteiger partial charge in [-0.3, -0.25) is 4.55 Å². The van der Waals surface area contributed by atoms with Gasteiger partial charge in [-0.15, -0.1) is 0 Å². The van der Waals surface area contributed by atoms with E-state index in [9.17, 15) is 26.1 Å². The van der Waals surface area contributed by atoms with Crippen LogP contribution in [0, 0.1) is 0 Å². The molecule has 0 aliphatic rings. The molecule has 0 bridgehead atoms. The molecule has 4 nitrogen and oxygen atoms in total. The SMILES string of the molecule is O=S(=O)(O)c1cccc2cccc(NCCCC(F)(F)F)c12. The monoisotopic (exact) mass is 333 g/mol. The molecule has 0 aliphatic carbocycles. The average molecular weight is 333 g/mol. The van der Waals surface area contributed by atoms with E-state index in [-0.39, 0.29) is 23.2 Å². The zero-order valence-corrected chi connectivity index (χ0v) is 12.2. The second-order valence-corrected chi connectivity index (χ2v) is 6.17. The highest BCUT2D eigenvalue weighted by Gasteiger charge is 2.26. The van der Waals surface area contributed by atoms with E-state index >= 15 is 0 Å². The molecule has 0 fully saturated rings. The molecule has 0 saturated carbocycles. The number of hydrogen-bond acceptors (Lipinski definition) is 3. The fourth-order valence-corrected chi connectivity index (χ4v) is 2.92. The second-order valence-electron chi connectivity index (χ2n) is 4.78. The van der Waals surface area contributed by atoms with Crippen LogP contribution in [0.15, 0.2) is 41.3 Å². The summed E-state index contributed by atoms with van der Waals surface area (Å²) in [5.74, 6) is 0. The number of anilines is 1. The Kier molecular flexibility index (Phi) is 4.62. The largest absolute Gasteiger partial charge is 0.389 e. The molecule has 0 unspecified atom stereocenters. The van der Waals surface area contributed by atoms with E-state index in [1.54, 1.807) is 24.3 Å². The molecule has 8 heteroatoms. The quantitative estimate of drug-likeness (QED) is 0.644. The third kappa shape index (κ3) is 4.11. The highest BCUT2D eigenvalue weighted by atomic mass is 32.2. The number of halogens is 3. The van der Waals surface area contributed by atoms with Crippen LogP contribution in [-0.4, -0.2) is 25.7 Å². The van der Waals surface area contributed by atoms with Crippen LogP contribution in [0.4, 0.5) is 18.9 Å². The molecule has 2 N–H and O–H groups in total. The highest BCUT2D eigenvalue weighted by molar-refractivity contribution is 7.86. The summed E-state index contributed by atoms with van der Waals surface area (Å²) in [7, 11) is -4.43. The minimum atomic E-state index is -4.43. The van der Waals surface area contributed by atoms with E-state index in [0.717, 1.165) is 0 Å². The smallest absolute Gasteiger partial charge is 0.385 e. The Hall–Kier alpha value is -1.80. The van der Waals surface area contributed by atoms with Crippen molar-refractivity contribution in [2.45, 2.75) is 23.9 Å². The van der Waals surface area contributed by atoms with Crippen molar-refractivity contribution in [1.82, 2.24) is 0 Å². The second kappa shape index (κ2) is 6.13. The lowest BCUT2D eigenvalue weighted by atomic mass is 10.1. The van der Waals surface area contributed by atoms with E-state index in [4.69, 9.17) is 0 Å². The molecule has 0 saturated heterocycles. The molecular weight excluding hydrogens is 319 g/mol. The molecule has 0 amide bonds. The van der Waals surface area contributed by atoms with Gasteiger partial charge in [0, 0.05) is 24.0 Å². The standard InChI is InChI=1S/C14H14F3NO3S/c15-14(16,17)8-3-9-18-11-6-1-4-10-5-2-7-12(13(10)11)22(19,20)21/h1-2,4-7,18H,3,8-9H2,(H,19,20,21). The highest BCUT2D eigenvalue weighted by Crippen LogP contribution is 2.30. The molecule has 0 spiro atoms. The number of rotatable bonds is 5. The molecule has 0 aromatic heterocycles. The Morgan fingerprint density at radius 1 is 1.09 bits per heavy atom. The number of fused-ring (bicyclic) bond motifs is 1. The predicted octanol–water partition coefficient (Wildman–Crippen LogP) is 3.84. The van der Waals surface area contributed by atoms with Crippen LogP contribution in [0.25, 0.3) is 10.8 Å². The Morgan fingerprint density at radius 3 is 2.32 bits per heavy atom. The van der Waals surface area contributed by atoms with Crippen molar-refractivity contribution in [1.29, 1.82) is 0 Å². The van der Waals surface area contributed by atoms with Crippen LogP contribution in [0.3, 0.4) is 0 Å². The van der Waals surface area contributed by atoms with Gasteiger partial charge in [0.25, 0.3) is 10.1 Å². The van der Waals surface area contributed by atoms with Gasteiger partial charge in [-0.1, -0.05) is 24.3 Å². The first-order valence-corrected chi connectivity index (χ1v) is 7.92. The fraction of sp³-hybridized carbons (Fsp3) is 0.286. The Morgan fingerprint density at radius 2 is 1.73 bits per heavy atom. The lowest BCUT2D eigenvalue weighted by molar-refractivity contribution is -0.134. The molecule has 2 aromatic rings. The van der Waals surface area contributed by atoms with Crippen LogP contribution < -0.4 is 5.32 Å². The molecular formula is C14H14F3NO3S. The van der Waals surface area contributed by atoms with Gasteiger partial charge in [0.1, 0.15) is 4.90 Å². The average Bonchev–Trinajstić information content (AvgIpc) is 2.41. The Labute approximate surface area is 125 Å².